The average molecular weight is 404 g/mol. The van der Waals surface area contributed by atoms with Crippen molar-refractivity contribution in [2.24, 2.45) is 0 Å². The van der Waals surface area contributed by atoms with Crippen LogP contribution in [0.15, 0.2) is 85.2 Å². The molecule has 4 heterocycles. The highest BCUT2D eigenvalue weighted by Gasteiger charge is 2.10. The Hall–Kier alpha value is -4.52. The van der Waals surface area contributed by atoms with E-state index < -0.39 is 0 Å². The van der Waals surface area contributed by atoms with Crippen LogP contribution >= 0.6 is 0 Å². The molecule has 6 aromatic rings. The molecule has 0 unspecified atom stereocenters. The third kappa shape index (κ3) is 3.28. The van der Waals surface area contributed by atoms with Crippen LogP contribution in [-0.4, -0.2) is 29.9 Å². The molecule has 2 N–H and O–H groups in total. The summed E-state index contributed by atoms with van der Waals surface area (Å²) in [6.07, 6.45) is 3.50. The van der Waals surface area contributed by atoms with Gasteiger partial charge in [-0.15, -0.1) is 0 Å². The van der Waals surface area contributed by atoms with E-state index in [0.717, 1.165) is 45.1 Å². The van der Waals surface area contributed by atoms with Crippen LogP contribution in [0.4, 0.5) is 0 Å². The Bertz CT molecular complexity index is 1390. The predicted molar refractivity (Wildman–Crippen MR) is 119 cm³/mol. The number of pyridine rings is 2. The molecule has 0 amide bonds. The molecule has 31 heavy (non-hydrogen) atoms. The van der Waals surface area contributed by atoms with E-state index in [-0.39, 0.29) is 0 Å². The fourth-order valence-corrected chi connectivity index (χ4v) is 3.49. The Morgan fingerprint density at radius 3 is 1.55 bits per heavy atom. The molecule has 0 radical (unpaired) electrons. The van der Waals surface area contributed by atoms with Crippen molar-refractivity contribution in [3.8, 4) is 34.5 Å². The van der Waals surface area contributed by atoms with E-state index in [0.29, 0.717) is 11.5 Å². The third-order valence-corrected chi connectivity index (χ3v) is 4.96. The van der Waals surface area contributed by atoms with Crippen molar-refractivity contribution in [2.45, 2.75) is 0 Å². The van der Waals surface area contributed by atoms with Crippen LogP contribution in [0, 0.1) is 0 Å². The minimum absolute atomic E-state index is 0.715. The molecule has 0 atom stereocenters. The molecule has 0 aliphatic carbocycles. The summed E-state index contributed by atoms with van der Waals surface area (Å²) in [5, 5.41) is 0. The van der Waals surface area contributed by atoms with Crippen LogP contribution < -0.4 is 4.74 Å². The molecule has 6 rings (SSSR count). The van der Waals surface area contributed by atoms with Gasteiger partial charge in [0, 0.05) is 24.5 Å². The molecule has 0 bridgehead atoms. The maximum Gasteiger partial charge on any atom is 0.157 e. The van der Waals surface area contributed by atoms with Crippen molar-refractivity contribution in [2.75, 3.05) is 0 Å². The number of fused-ring (bicyclic) bond motifs is 2. The monoisotopic (exact) mass is 404 g/mol. The molecule has 7 heteroatoms. The molecule has 0 saturated carbocycles. The molecule has 0 aliphatic rings. The summed E-state index contributed by atoms with van der Waals surface area (Å²) in [4.78, 5) is 24.5. The zero-order valence-electron chi connectivity index (χ0n) is 16.3. The van der Waals surface area contributed by atoms with Crippen molar-refractivity contribution >= 4 is 22.1 Å². The smallest absolute Gasteiger partial charge is 0.157 e. The highest BCUT2D eigenvalue weighted by atomic mass is 16.5. The molecule has 0 aliphatic heterocycles. The predicted octanol–water partition coefficient (Wildman–Crippen LogP) is 5.36. The Kier molecular flexibility index (Phi) is 3.96. The van der Waals surface area contributed by atoms with Crippen molar-refractivity contribution < 1.29 is 4.74 Å². The summed E-state index contributed by atoms with van der Waals surface area (Å²) in [7, 11) is 0. The van der Waals surface area contributed by atoms with E-state index in [2.05, 4.69) is 29.9 Å². The molecule has 148 valence electrons. The van der Waals surface area contributed by atoms with Crippen LogP contribution in [0.2, 0.25) is 0 Å². The lowest BCUT2D eigenvalue weighted by molar-refractivity contribution is 0.484. The van der Waals surface area contributed by atoms with Gasteiger partial charge in [-0.25, -0.2) is 9.97 Å². The van der Waals surface area contributed by atoms with Gasteiger partial charge in [-0.2, -0.15) is 0 Å². The maximum atomic E-state index is 6.10. The second-order valence-corrected chi connectivity index (χ2v) is 7.06. The van der Waals surface area contributed by atoms with Crippen LogP contribution in [0.3, 0.4) is 0 Å². The Balaban J connectivity index is 1.30. The minimum atomic E-state index is 0.715. The fourth-order valence-electron chi connectivity index (χ4n) is 3.49. The number of hydrogen-bond acceptors (Lipinski definition) is 5. The van der Waals surface area contributed by atoms with Gasteiger partial charge in [0.2, 0.25) is 0 Å². The van der Waals surface area contributed by atoms with E-state index in [9.17, 15) is 0 Å². The van der Waals surface area contributed by atoms with Crippen LogP contribution in [0.25, 0.3) is 45.1 Å². The number of aromatic nitrogens is 6. The number of H-pyrrole nitrogens is 2. The van der Waals surface area contributed by atoms with E-state index in [4.69, 9.17) is 4.74 Å². The lowest BCUT2D eigenvalue weighted by atomic mass is 10.3. The zero-order valence-corrected chi connectivity index (χ0v) is 16.3. The molecule has 0 spiro atoms. The van der Waals surface area contributed by atoms with Crippen LogP contribution in [0.1, 0.15) is 0 Å². The SMILES string of the molecule is c1ccc(-c2nc3ccc(Oc4ccc5nc(-c6ccccn6)[nH]c5c4)cc3[nH]2)nc1. The van der Waals surface area contributed by atoms with Gasteiger partial charge in [0.25, 0.3) is 0 Å². The molecule has 0 saturated heterocycles. The number of benzene rings is 2. The van der Waals surface area contributed by atoms with Gasteiger partial charge < -0.3 is 14.7 Å². The van der Waals surface area contributed by atoms with Gasteiger partial charge >= 0.3 is 0 Å². The van der Waals surface area contributed by atoms with Gasteiger partial charge in [-0.05, 0) is 48.5 Å². The summed E-state index contributed by atoms with van der Waals surface area (Å²) < 4.78 is 6.10. The quantitative estimate of drug-likeness (QED) is 0.413. The number of aromatic amines is 2. The number of imidazole rings is 2. The third-order valence-electron chi connectivity index (χ3n) is 4.96. The van der Waals surface area contributed by atoms with Gasteiger partial charge in [-0.3, -0.25) is 9.97 Å². The van der Waals surface area contributed by atoms with Gasteiger partial charge in [0.05, 0.1) is 22.1 Å². The van der Waals surface area contributed by atoms with Gasteiger partial charge in [-0.1, -0.05) is 12.1 Å². The number of rotatable bonds is 4. The Labute approximate surface area is 176 Å². The maximum absolute atomic E-state index is 6.10. The lowest BCUT2D eigenvalue weighted by Gasteiger charge is -2.05. The zero-order chi connectivity index (χ0) is 20.6. The van der Waals surface area contributed by atoms with Gasteiger partial charge in [0.15, 0.2) is 11.6 Å². The summed E-state index contributed by atoms with van der Waals surface area (Å²) in [5.74, 6) is 2.89. The highest BCUT2D eigenvalue weighted by molar-refractivity contribution is 5.81. The number of nitrogens with zero attached hydrogens (tertiary/aromatic N) is 4. The molecular formula is C24H16N6O. The standard InChI is InChI=1S/C24H16N6O/c1-3-11-25-19(5-1)23-27-17-9-7-15(13-21(17)29-23)31-16-8-10-18-22(14-16)30-24(28-18)20-6-2-4-12-26-20/h1-14H,(H,27,29)(H,28,30). The first-order valence-corrected chi connectivity index (χ1v) is 9.82. The summed E-state index contributed by atoms with van der Waals surface area (Å²) in [6, 6.07) is 23.0. The van der Waals surface area contributed by atoms with Crippen molar-refractivity contribution in [3.63, 3.8) is 0 Å². The Morgan fingerprint density at radius 2 is 1.10 bits per heavy atom. The van der Waals surface area contributed by atoms with Crippen molar-refractivity contribution in [1.82, 2.24) is 29.9 Å². The van der Waals surface area contributed by atoms with Crippen LogP contribution in [-0.2, 0) is 0 Å². The number of hydrogen-bond donors (Lipinski definition) is 2. The largest absolute Gasteiger partial charge is 0.457 e. The normalized spacial score (nSPS) is 11.2. The van der Waals surface area contributed by atoms with Crippen molar-refractivity contribution in [1.29, 1.82) is 0 Å². The van der Waals surface area contributed by atoms with Gasteiger partial charge in [0.1, 0.15) is 22.9 Å². The van der Waals surface area contributed by atoms with E-state index in [1.54, 1.807) is 12.4 Å². The van der Waals surface area contributed by atoms with Crippen LogP contribution in [0.5, 0.6) is 11.5 Å². The van der Waals surface area contributed by atoms with E-state index in [1.807, 2.05) is 72.8 Å². The van der Waals surface area contributed by atoms with Crippen molar-refractivity contribution in [3.05, 3.63) is 85.2 Å². The Morgan fingerprint density at radius 1 is 0.581 bits per heavy atom. The molecule has 2 aromatic carbocycles. The van der Waals surface area contributed by atoms with E-state index in [1.165, 1.54) is 0 Å². The summed E-state index contributed by atoms with van der Waals surface area (Å²) >= 11 is 0. The first kappa shape index (κ1) is 17.3. The molecule has 0 fully saturated rings. The van der Waals surface area contributed by atoms with E-state index >= 15 is 0 Å². The topological polar surface area (TPSA) is 92.4 Å². The first-order valence-electron chi connectivity index (χ1n) is 9.82. The molecule has 7 nitrogen and oxygen atoms in total. The average Bonchev–Trinajstić information content (AvgIpc) is 3.44. The highest BCUT2D eigenvalue weighted by Crippen LogP contribution is 2.29. The summed E-state index contributed by atoms with van der Waals surface area (Å²) in [6.45, 7) is 0. The number of ether oxygens (including phenoxy) is 1. The fraction of sp³-hybridized carbons (Fsp3) is 0. The summed E-state index contributed by atoms with van der Waals surface area (Å²) in [5.41, 5.74) is 5.09. The first-order chi connectivity index (χ1) is 15.3. The second-order valence-electron chi connectivity index (χ2n) is 7.06. The minimum Gasteiger partial charge on any atom is -0.457 e. The molecule has 4 aromatic heterocycles. The lowest BCUT2D eigenvalue weighted by Crippen LogP contribution is -1.84. The second kappa shape index (κ2) is 7.07. The number of nitrogens with one attached hydrogen (secondary N) is 2. The molecular weight excluding hydrogens is 388 g/mol.